The van der Waals surface area contributed by atoms with Crippen molar-refractivity contribution in [3.8, 4) is 6.07 Å². The second-order valence-corrected chi connectivity index (χ2v) is 7.21. The highest BCUT2D eigenvalue weighted by Crippen LogP contribution is 2.46. The lowest BCUT2D eigenvalue weighted by molar-refractivity contribution is -0.158. The van der Waals surface area contributed by atoms with E-state index in [0.29, 0.717) is 0 Å². The Balaban J connectivity index is 1.52. The molecule has 2 saturated heterocycles. The van der Waals surface area contributed by atoms with Crippen LogP contribution in [0.3, 0.4) is 0 Å². The lowest BCUT2D eigenvalue weighted by Gasteiger charge is -2.26. The highest BCUT2D eigenvalue weighted by Gasteiger charge is 2.65. The van der Waals surface area contributed by atoms with E-state index < -0.39 is 30.1 Å². The Morgan fingerprint density at radius 3 is 3.07 bits per heavy atom. The van der Waals surface area contributed by atoms with Gasteiger partial charge in [-0.05, 0) is 25.0 Å². The molecular weight excluding hydrogens is 382 g/mol. The summed E-state index contributed by atoms with van der Waals surface area (Å²) in [5.41, 5.74) is 4.34. The van der Waals surface area contributed by atoms with Crippen molar-refractivity contribution in [2.75, 3.05) is 12.3 Å². The lowest BCUT2D eigenvalue weighted by atomic mass is 9.86. The predicted octanol–water partition coefficient (Wildman–Crippen LogP) is 0.676. The molecule has 2 aliphatic heterocycles. The number of carbonyl (C=O) groups excluding carboxylic acids is 2. The van der Waals surface area contributed by atoms with Crippen LogP contribution in [0.1, 0.15) is 26.3 Å². The third-order valence-electron chi connectivity index (χ3n) is 5.63. The van der Waals surface area contributed by atoms with E-state index >= 15 is 0 Å². The molecule has 4 atom stereocenters. The zero-order valence-electron chi connectivity index (χ0n) is 16.1. The monoisotopic (exact) mass is 400 g/mol. The molecule has 150 valence electrons. The fourth-order valence-electron chi connectivity index (χ4n) is 3.88. The molecule has 0 spiro atoms. The normalized spacial score (nSPS) is 31.3. The number of fused-ring (bicyclic) bond motifs is 2. The van der Waals surface area contributed by atoms with Gasteiger partial charge in [-0.25, -0.2) is 14.3 Å². The summed E-state index contributed by atoms with van der Waals surface area (Å²) >= 11 is 0. The van der Waals surface area contributed by atoms with Gasteiger partial charge in [0.2, 0.25) is 5.60 Å². The summed E-state index contributed by atoms with van der Waals surface area (Å²) in [4.78, 5) is 27.8. The molecule has 5 rings (SSSR count). The van der Waals surface area contributed by atoms with Crippen LogP contribution in [0.5, 0.6) is 0 Å². The van der Waals surface area contributed by atoms with Crippen molar-refractivity contribution in [3.63, 3.8) is 0 Å². The number of hydrogen-bond acceptors (Lipinski definition) is 10. The Hall–Kier alpha value is -3.39. The van der Waals surface area contributed by atoms with Crippen molar-refractivity contribution in [2.24, 2.45) is 5.92 Å². The van der Waals surface area contributed by atoms with Crippen LogP contribution in [-0.4, -0.2) is 51.6 Å². The van der Waals surface area contributed by atoms with Crippen LogP contribution in [0.15, 0.2) is 18.4 Å². The highest BCUT2D eigenvalue weighted by atomic mass is 16.8. The molecule has 0 bridgehead atoms. The number of anilines is 1. The van der Waals surface area contributed by atoms with Gasteiger partial charge >= 0.3 is 12.1 Å². The van der Waals surface area contributed by atoms with Gasteiger partial charge in [-0.1, -0.05) is 6.42 Å². The minimum absolute atomic E-state index is 0.0250. The predicted molar refractivity (Wildman–Crippen MR) is 93.0 cm³/mol. The third-order valence-corrected chi connectivity index (χ3v) is 5.63. The summed E-state index contributed by atoms with van der Waals surface area (Å²) in [6.07, 6.45) is -0.275. The van der Waals surface area contributed by atoms with Crippen molar-refractivity contribution in [1.82, 2.24) is 14.6 Å². The number of nitrogens with two attached hydrogens (primary N) is 1. The van der Waals surface area contributed by atoms with E-state index in [2.05, 4.69) is 10.1 Å². The van der Waals surface area contributed by atoms with Gasteiger partial charge in [0.05, 0.1) is 13.0 Å². The zero-order valence-corrected chi connectivity index (χ0v) is 15.1. The maximum atomic E-state index is 12.1. The maximum Gasteiger partial charge on any atom is 0.509 e. The van der Waals surface area contributed by atoms with E-state index in [0.717, 1.165) is 19.3 Å². The molecule has 3 fully saturated rings. The van der Waals surface area contributed by atoms with E-state index in [1.54, 1.807) is 0 Å². The van der Waals surface area contributed by atoms with Crippen LogP contribution < -0.4 is 5.73 Å². The van der Waals surface area contributed by atoms with E-state index in [9.17, 15) is 14.9 Å². The van der Waals surface area contributed by atoms with Crippen LogP contribution in [-0.2, 0) is 29.3 Å². The molecule has 0 unspecified atom stereocenters. The molecule has 1 saturated carbocycles. The number of rotatable bonds is 4. The van der Waals surface area contributed by atoms with E-state index in [4.69, 9.17) is 26.1 Å². The Morgan fingerprint density at radius 2 is 2.34 bits per heavy atom. The summed E-state index contributed by atoms with van der Waals surface area (Å²) in [6, 6.07) is 3.38. The first kappa shape index (κ1) is 16.6. The second-order valence-electron chi connectivity index (χ2n) is 7.21. The average Bonchev–Trinajstić information content (AvgIpc) is 3.30. The summed E-state index contributed by atoms with van der Waals surface area (Å²) in [7, 11) is 0. The van der Waals surface area contributed by atoms with Gasteiger partial charge in [0.1, 0.15) is 30.6 Å². The van der Waals surface area contributed by atoms with Gasteiger partial charge in [-0.15, -0.1) is 0 Å². The average molecular weight is 400 g/mol. The molecule has 0 aromatic carbocycles. The fourth-order valence-corrected chi connectivity index (χ4v) is 3.88. The number of aromatic nitrogens is 3. The zero-order chi connectivity index (χ0) is 21.0. The first-order chi connectivity index (χ1) is 14.4. The largest absolute Gasteiger partial charge is 0.509 e. The lowest BCUT2D eigenvalue weighted by Crippen LogP contribution is -2.39. The molecule has 0 radical (unpaired) electrons. The van der Waals surface area contributed by atoms with Crippen LogP contribution in [0.25, 0.3) is 5.52 Å². The number of nitrogen functional groups attached to an aromatic ring is 1. The number of nitrogens with zero attached hydrogens (tertiary/aromatic N) is 4. The summed E-state index contributed by atoms with van der Waals surface area (Å²) in [6.45, 7) is -0.204. The molecular formula is C18H17N5O6. The standard InChI is InChI=1S/C18H17N5O6/c19-7-18(12-5-4-10-15(20)21-8-22-23(10)12)14-13(27-17(25)28-14)11(29-18)6-26-16(24)9-2-1-3-9/h4-5,8-9,11,13-14H,1-3,6H2,(H2,20,21,22)/t11-,13-,14-,18+/m1/s1/i4D. The Kier molecular flexibility index (Phi) is 3.60. The molecule has 1 aliphatic carbocycles. The maximum absolute atomic E-state index is 12.1. The van der Waals surface area contributed by atoms with Gasteiger partial charge < -0.3 is 24.7 Å². The Bertz CT molecular complexity index is 1090. The van der Waals surface area contributed by atoms with Crippen molar-refractivity contribution < 1.29 is 29.9 Å². The van der Waals surface area contributed by atoms with Crippen LogP contribution in [0.4, 0.5) is 10.6 Å². The summed E-state index contributed by atoms with van der Waals surface area (Å²) < 4.78 is 31.3. The molecule has 2 aromatic rings. The van der Waals surface area contributed by atoms with Crippen molar-refractivity contribution in [3.05, 3.63) is 24.1 Å². The first-order valence-corrected chi connectivity index (χ1v) is 9.17. The molecule has 11 heteroatoms. The van der Waals surface area contributed by atoms with E-state index in [1.807, 2.05) is 6.07 Å². The number of carbonyl (C=O) groups is 2. The number of ether oxygens (including phenoxy) is 4. The van der Waals surface area contributed by atoms with Gasteiger partial charge in [-0.2, -0.15) is 10.4 Å². The van der Waals surface area contributed by atoms with Crippen LogP contribution in [0.2, 0.25) is 0 Å². The van der Waals surface area contributed by atoms with Gasteiger partial charge in [0, 0.05) is 0 Å². The van der Waals surface area contributed by atoms with Crippen molar-refractivity contribution in [2.45, 2.75) is 43.2 Å². The molecule has 2 aromatic heterocycles. The molecule has 29 heavy (non-hydrogen) atoms. The number of nitriles is 1. The van der Waals surface area contributed by atoms with Gasteiger partial charge in [0.25, 0.3) is 0 Å². The molecule has 4 heterocycles. The number of hydrogen-bond donors (Lipinski definition) is 1. The number of esters is 1. The quantitative estimate of drug-likeness (QED) is 0.725. The summed E-state index contributed by atoms with van der Waals surface area (Å²) in [5.74, 6) is -0.428. The van der Waals surface area contributed by atoms with Crippen LogP contribution in [0, 0.1) is 17.2 Å². The molecule has 11 nitrogen and oxygen atoms in total. The topological polar surface area (TPSA) is 151 Å². The third kappa shape index (κ3) is 2.52. The molecule has 2 N–H and O–H groups in total. The minimum Gasteiger partial charge on any atom is -0.463 e. The molecule has 0 amide bonds. The fraction of sp³-hybridized carbons (Fsp3) is 0.500. The van der Waals surface area contributed by atoms with E-state index in [1.165, 1.54) is 16.9 Å². The van der Waals surface area contributed by atoms with Gasteiger partial charge in [0.15, 0.2) is 18.0 Å². The summed E-state index contributed by atoms with van der Waals surface area (Å²) in [5, 5.41) is 14.2. The van der Waals surface area contributed by atoms with Crippen molar-refractivity contribution in [1.29, 1.82) is 5.26 Å². The highest BCUT2D eigenvalue weighted by molar-refractivity contribution is 5.73. The Morgan fingerprint density at radius 1 is 1.52 bits per heavy atom. The minimum atomic E-state index is -1.84. The van der Waals surface area contributed by atoms with E-state index in [-0.39, 0.29) is 41.6 Å². The second kappa shape index (κ2) is 6.31. The molecule has 3 aliphatic rings. The van der Waals surface area contributed by atoms with Crippen LogP contribution >= 0.6 is 0 Å². The van der Waals surface area contributed by atoms with Crippen molar-refractivity contribution >= 4 is 23.5 Å². The Labute approximate surface area is 165 Å². The smallest absolute Gasteiger partial charge is 0.463 e. The SMILES string of the molecule is [2H]c1cc([C@]2(C#N)O[C@H](COC(=O)C3CCC3)[C@H]3OC(=O)O[C@H]32)n2ncnc(N)c12. The first-order valence-electron chi connectivity index (χ1n) is 9.67. The van der Waals surface area contributed by atoms with Gasteiger partial charge in [-0.3, -0.25) is 4.79 Å².